The first kappa shape index (κ1) is 20.1. The Morgan fingerprint density at radius 3 is 2.17 bits per heavy atom. The monoisotopic (exact) mass is 463 g/mol. The highest BCUT2D eigenvalue weighted by Crippen LogP contribution is 2.53. The molecule has 1 aliphatic carbocycles. The van der Waals surface area contributed by atoms with Crippen LogP contribution in [0.1, 0.15) is 36.8 Å². The third-order valence-electron chi connectivity index (χ3n) is 8.48. The molecular weight excluding hydrogens is 438 g/mol. The van der Waals surface area contributed by atoms with Crippen molar-refractivity contribution in [3.05, 3.63) is 120 Å². The maximum absolute atomic E-state index is 11.7. The molecule has 2 heterocycles. The first-order chi connectivity index (χ1) is 17.5. The molecule has 0 fully saturated rings. The SMILES string of the molecule is CC1(C)c2ccccc2-c2cc3c4cc(-c5ccccc5)cc5c4n(c3cc21)C(O)c1ccccc1-5. The first-order valence-electron chi connectivity index (χ1n) is 12.6. The van der Waals surface area contributed by atoms with Gasteiger partial charge in [-0.3, -0.25) is 0 Å². The molecule has 1 atom stereocenters. The highest BCUT2D eigenvalue weighted by atomic mass is 16.3. The van der Waals surface area contributed by atoms with Crippen molar-refractivity contribution in [1.82, 2.24) is 4.57 Å². The molecule has 0 bridgehead atoms. The van der Waals surface area contributed by atoms with Crippen LogP contribution < -0.4 is 0 Å². The normalized spacial score (nSPS) is 16.7. The maximum Gasteiger partial charge on any atom is 0.158 e. The van der Waals surface area contributed by atoms with Crippen molar-refractivity contribution in [2.24, 2.45) is 0 Å². The second-order valence-electron chi connectivity index (χ2n) is 10.7. The van der Waals surface area contributed by atoms with Crippen LogP contribution in [0.2, 0.25) is 0 Å². The van der Waals surface area contributed by atoms with E-state index in [9.17, 15) is 5.11 Å². The summed E-state index contributed by atoms with van der Waals surface area (Å²) >= 11 is 0. The standard InChI is InChI=1S/C34H25NO/c1-34(2)29-15-9-8-13-23(29)25-18-26-28-17-21(20-10-4-3-5-11-20)16-27-22-12-6-7-14-24(22)33(36)35(32(27)28)31(26)19-30(25)34/h3-19,33,36H,1-2H3. The smallest absolute Gasteiger partial charge is 0.158 e. The number of nitrogens with zero attached hydrogens (tertiary/aromatic N) is 1. The van der Waals surface area contributed by atoms with E-state index in [-0.39, 0.29) is 5.41 Å². The summed E-state index contributed by atoms with van der Waals surface area (Å²) in [6, 6.07) is 37.0. The summed E-state index contributed by atoms with van der Waals surface area (Å²) in [4.78, 5) is 0. The summed E-state index contributed by atoms with van der Waals surface area (Å²) in [5, 5.41) is 14.1. The zero-order valence-corrected chi connectivity index (χ0v) is 20.3. The highest BCUT2D eigenvalue weighted by molar-refractivity contribution is 6.16. The van der Waals surface area contributed by atoms with Gasteiger partial charge in [0.25, 0.3) is 0 Å². The molecular formula is C34H25NO. The predicted molar refractivity (Wildman–Crippen MR) is 148 cm³/mol. The van der Waals surface area contributed by atoms with Crippen LogP contribution in [-0.2, 0) is 5.41 Å². The number of benzene rings is 5. The van der Waals surface area contributed by atoms with E-state index in [1.165, 1.54) is 49.7 Å². The van der Waals surface area contributed by atoms with Gasteiger partial charge < -0.3 is 9.67 Å². The summed E-state index contributed by atoms with van der Waals surface area (Å²) in [5.41, 5.74) is 13.1. The van der Waals surface area contributed by atoms with Gasteiger partial charge in [0, 0.05) is 27.3 Å². The molecule has 1 aromatic heterocycles. The lowest BCUT2D eigenvalue weighted by Gasteiger charge is -2.27. The van der Waals surface area contributed by atoms with E-state index in [0.717, 1.165) is 22.2 Å². The maximum atomic E-state index is 11.7. The fourth-order valence-corrected chi connectivity index (χ4v) is 6.73. The van der Waals surface area contributed by atoms with Crippen molar-refractivity contribution < 1.29 is 5.11 Å². The molecule has 1 unspecified atom stereocenters. The Labute approximate surface area is 210 Å². The van der Waals surface area contributed by atoms with Gasteiger partial charge in [-0.25, -0.2) is 0 Å². The molecule has 0 radical (unpaired) electrons. The zero-order chi connectivity index (χ0) is 24.2. The van der Waals surface area contributed by atoms with Gasteiger partial charge in [-0.15, -0.1) is 0 Å². The molecule has 6 aromatic rings. The Balaban J connectivity index is 1.55. The highest BCUT2D eigenvalue weighted by Gasteiger charge is 2.37. The van der Waals surface area contributed by atoms with Gasteiger partial charge in [-0.2, -0.15) is 0 Å². The van der Waals surface area contributed by atoms with Crippen molar-refractivity contribution >= 4 is 21.8 Å². The Kier molecular flexibility index (Phi) is 3.77. The van der Waals surface area contributed by atoms with E-state index in [1.807, 2.05) is 6.07 Å². The lowest BCUT2D eigenvalue weighted by atomic mass is 9.82. The number of aliphatic hydroxyl groups is 1. The Bertz CT molecular complexity index is 1870. The number of hydrogen-bond acceptors (Lipinski definition) is 1. The molecule has 0 spiro atoms. The van der Waals surface area contributed by atoms with Crippen molar-refractivity contribution in [3.63, 3.8) is 0 Å². The number of rotatable bonds is 1. The lowest BCUT2D eigenvalue weighted by molar-refractivity contribution is 0.155. The van der Waals surface area contributed by atoms with Gasteiger partial charge in [0.15, 0.2) is 6.23 Å². The van der Waals surface area contributed by atoms with Crippen LogP contribution in [0.3, 0.4) is 0 Å². The number of hydrogen-bond donors (Lipinski definition) is 1. The van der Waals surface area contributed by atoms with Gasteiger partial charge in [0.1, 0.15) is 0 Å². The molecule has 1 aliphatic heterocycles. The van der Waals surface area contributed by atoms with Crippen LogP contribution in [0.5, 0.6) is 0 Å². The fourth-order valence-electron chi connectivity index (χ4n) is 6.73. The van der Waals surface area contributed by atoms with E-state index in [4.69, 9.17) is 0 Å². The minimum atomic E-state index is -0.721. The van der Waals surface area contributed by atoms with Gasteiger partial charge in [0.05, 0.1) is 11.0 Å². The molecule has 8 rings (SSSR count). The van der Waals surface area contributed by atoms with Crippen molar-refractivity contribution in [2.75, 3.05) is 0 Å². The Morgan fingerprint density at radius 2 is 1.33 bits per heavy atom. The molecule has 2 aliphatic rings. The average molecular weight is 464 g/mol. The topological polar surface area (TPSA) is 25.2 Å². The summed E-state index contributed by atoms with van der Waals surface area (Å²) in [5.74, 6) is 0. The second-order valence-corrected chi connectivity index (χ2v) is 10.7. The van der Waals surface area contributed by atoms with Crippen LogP contribution in [0.15, 0.2) is 103 Å². The third-order valence-corrected chi connectivity index (χ3v) is 8.48. The van der Waals surface area contributed by atoms with E-state index in [2.05, 4.69) is 115 Å². The van der Waals surface area contributed by atoms with Crippen molar-refractivity contribution in [2.45, 2.75) is 25.5 Å². The largest absolute Gasteiger partial charge is 0.369 e. The molecule has 36 heavy (non-hydrogen) atoms. The minimum Gasteiger partial charge on any atom is -0.369 e. The van der Waals surface area contributed by atoms with Crippen molar-refractivity contribution in [1.29, 1.82) is 0 Å². The number of fused-ring (bicyclic) bond motifs is 8. The van der Waals surface area contributed by atoms with E-state index >= 15 is 0 Å². The first-order valence-corrected chi connectivity index (χ1v) is 12.6. The summed E-state index contributed by atoms with van der Waals surface area (Å²) in [6.45, 7) is 4.63. The minimum absolute atomic E-state index is 0.0909. The average Bonchev–Trinajstić information content (AvgIpc) is 3.36. The zero-order valence-electron chi connectivity index (χ0n) is 20.3. The predicted octanol–water partition coefficient (Wildman–Crippen LogP) is 8.29. The van der Waals surface area contributed by atoms with Gasteiger partial charge >= 0.3 is 0 Å². The second kappa shape index (κ2) is 6.75. The van der Waals surface area contributed by atoms with E-state index in [0.29, 0.717) is 0 Å². The van der Waals surface area contributed by atoms with Crippen molar-refractivity contribution in [3.8, 4) is 33.4 Å². The van der Waals surface area contributed by atoms with Crippen LogP contribution in [0, 0.1) is 0 Å². The molecule has 0 saturated heterocycles. The van der Waals surface area contributed by atoms with E-state index in [1.54, 1.807) is 0 Å². The van der Waals surface area contributed by atoms with Gasteiger partial charge in [0.2, 0.25) is 0 Å². The molecule has 0 amide bonds. The lowest BCUT2D eigenvalue weighted by Crippen LogP contribution is -2.17. The molecule has 1 N–H and O–H groups in total. The number of aliphatic hydroxyl groups excluding tert-OH is 1. The van der Waals surface area contributed by atoms with E-state index < -0.39 is 6.23 Å². The van der Waals surface area contributed by atoms with Gasteiger partial charge in [-0.05, 0) is 63.2 Å². The van der Waals surface area contributed by atoms with Crippen LogP contribution in [0.4, 0.5) is 0 Å². The summed E-state index contributed by atoms with van der Waals surface area (Å²) < 4.78 is 2.16. The quantitative estimate of drug-likeness (QED) is 0.261. The molecule has 5 aromatic carbocycles. The van der Waals surface area contributed by atoms with Crippen LogP contribution in [-0.4, -0.2) is 9.67 Å². The summed E-state index contributed by atoms with van der Waals surface area (Å²) in [7, 11) is 0. The van der Waals surface area contributed by atoms with Crippen LogP contribution >= 0.6 is 0 Å². The molecule has 2 heteroatoms. The summed E-state index contributed by atoms with van der Waals surface area (Å²) in [6.07, 6.45) is -0.721. The molecule has 2 nitrogen and oxygen atoms in total. The molecule has 172 valence electrons. The number of aromatic nitrogens is 1. The molecule has 0 saturated carbocycles. The fraction of sp³-hybridized carbons (Fsp3) is 0.118. The Morgan fingerprint density at radius 1 is 0.611 bits per heavy atom. The Hall–Kier alpha value is -4.14. The third kappa shape index (κ3) is 2.40. The van der Waals surface area contributed by atoms with Crippen LogP contribution in [0.25, 0.3) is 55.2 Å². The van der Waals surface area contributed by atoms with Gasteiger partial charge in [-0.1, -0.05) is 92.7 Å².